The minimum atomic E-state index is -0.0572. The van der Waals surface area contributed by atoms with Crippen LogP contribution in [0.25, 0.3) is 21.5 Å². The molecule has 0 aromatic heterocycles. The van der Waals surface area contributed by atoms with E-state index in [0.717, 1.165) is 76.4 Å². The molecule has 14 aromatic rings. The van der Waals surface area contributed by atoms with Gasteiger partial charge in [0.1, 0.15) is 98.8 Å². The molecule has 14 rings (SSSR count). The monoisotopic (exact) mass is 1970 g/mol. The summed E-state index contributed by atoms with van der Waals surface area (Å²) in [7, 11) is 4.59. The molecule has 0 aliphatic carbocycles. The van der Waals surface area contributed by atoms with Crippen molar-refractivity contribution in [1.82, 2.24) is 0 Å². The molecule has 0 aliphatic heterocycles. The number of hydrogen-bond acceptors (Lipinski definition) is 8. The van der Waals surface area contributed by atoms with E-state index >= 15 is 0 Å². The fourth-order valence-corrected chi connectivity index (χ4v) is 23.5. The molecule has 139 heavy (non-hydrogen) atoms. The first kappa shape index (κ1) is 108. The minimum absolute atomic E-state index is 0.0202. The number of methoxy groups -OCH3 is 2. The van der Waals surface area contributed by atoms with Gasteiger partial charge in [-0.25, -0.2) is 0 Å². The summed E-state index contributed by atoms with van der Waals surface area (Å²) in [6.45, 7) is 67.7. The molecule has 732 valence electrons. The van der Waals surface area contributed by atoms with Crippen LogP contribution >= 0.6 is 52.8 Å². The molecule has 0 fully saturated rings. The van der Waals surface area contributed by atoms with E-state index in [1.165, 1.54) is 142 Å². The van der Waals surface area contributed by atoms with Crippen LogP contribution in [-0.2, 0) is 62.6 Å². The molecule has 0 spiro atoms. The van der Waals surface area contributed by atoms with Crippen LogP contribution in [0.15, 0.2) is 267 Å². The van der Waals surface area contributed by atoms with Crippen molar-refractivity contribution in [3.05, 3.63) is 367 Å². The normalized spacial score (nSPS) is 13.2. The minimum Gasteiger partial charge on any atom is -0.497 e. The highest BCUT2D eigenvalue weighted by Gasteiger charge is 2.31. The van der Waals surface area contributed by atoms with Crippen LogP contribution in [0, 0.1) is 13.8 Å². The largest absolute Gasteiger partial charge is 0.497 e. The Labute approximate surface area is 846 Å². The van der Waals surface area contributed by atoms with E-state index in [4.69, 9.17) is 36.6 Å². The molecule has 0 saturated carbocycles. The number of hydrogen-bond donors (Lipinski definition) is 0. The molecule has 0 amide bonds. The van der Waals surface area contributed by atoms with Crippen LogP contribution in [0.4, 0.5) is 0 Å². The molecule has 0 aliphatic rings. The van der Waals surface area contributed by atoms with Gasteiger partial charge < -0.3 is 36.6 Å². The molecule has 6 atom stereocenters. The molecule has 0 radical (unpaired) electrons. The molecule has 0 bridgehead atoms. The van der Waals surface area contributed by atoms with E-state index < -0.39 is 0 Å². The summed E-state index contributed by atoms with van der Waals surface area (Å²) in [5, 5.41) is 12.5. The standard InChI is InChI=1S/C49H58O2P2.C42H56O2P2.C34H40O4P2/c1-46(2,3)38-23-21-32-30-42(40(48(7,8)9)28-36(32)26-38)50-52-44-19-15-13-17-34(44)25-35-18-14-16-20-45(35)53-51-43-31-33-22-24-39(47(4,5)6)27-37(33)29-41(43)49(10,11)12;1-28(31-18-14-16-20-37(31)45-43-35-24-22-29(39(2,3)4)26-33(35)41(8,9)10)32-19-15-17-21-38(32)46-44-36-25-23-30(40(5,6)7)27-34(36)42(11,12)13;1-8-25-12-10-14-29(33(25)39-37-31-18-16-27(35-6)20-22(31)3)24(5)30-15-11-13-26(9-2)34(30)40-38-32-19-17-28(36-7)21-23(32)4/h13-24,26-31,52-53H,25H2,1-12H3;14-28,45-46H,1-13H3;10-21,24,39-40H,8-9H2,1-7H3. The zero-order chi connectivity index (χ0) is 101. The highest BCUT2D eigenvalue weighted by atomic mass is 31.1. The number of aryl methyl sites for hydroxylation is 4. The van der Waals surface area contributed by atoms with Crippen molar-refractivity contribution in [3.8, 4) is 46.0 Å². The van der Waals surface area contributed by atoms with Gasteiger partial charge in [0.05, 0.1) is 14.2 Å². The van der Waals surface area contributed by atoms with E-state index in [9.17, 15) is 0 Å². The number of ether oxygens (including phenoxy) is 2. The third kappa shape index (κ3) is 28.1. The van der Waals surface area contributed by atoms with E-state index in [1.807, 2.05) is 36.4 Å². The first-order chi connectivity index (χ1) is 65.4. The SMILES string of the molecule is CC(C)(C)c1ccc2cc(OPc3ccccc3Cc3ccccc3POc3cc4ccc(C(C)(C)C)cc4cc3C(C)(C)C)c(C(C)(C)C)cc2c1.CC(c1ccccc1POc1ccc(C(C)(C)C)cc1C(C)(C)C)c1ccccc1POc1ccc(C(C)(C)C)cc1C(C)(C)C.CCc1cccc(C(C)c2cccc(CC)c2POc2ccc(OC)cc2C)c1POc1ccc(OC)cc1C. The summed E-state index contributed by atoms with van der Waals surface area (Å²) >= 11 is 0. The van der Waals surface area contributed by atoms with Crippen LogP contribution in [0.5, 0.6) is 46.0 Å². The quantitative estimate of drug-likeness (QED) is 0.0449. The third-order valence-electron chi connectivity index (χ3n) is 26.2. The van der Waals surface area contributed by atoms with Gasteiger partial charge in [-0.2, -0.15) is 0 Å². The Morgan fingerprint density at radius 1 is 0.237 bits per heavy atom. The second kappa shape index (κ2) is 45.9. The van der Waals surface area contributed by atoms with Gasteiger partial charge in [-0.1, -0.05) is 388 Å². The van der Waals surface area contributed by atoms with Crippen molar-refractivity contribution in [2.45, 2.75) is 282 Å². The zero-order valence-electron chi connectivity index (χ0n) is 88.9. The fourth-order valence-electron chi connectivity index (χ4n) is 17.4. The first-order valence-corrected chi connectivity index (χ1v) is 54.8. The van der Waals surface area contributed by atoms with E-state index in [0.29, 0.717) is 0 Å². The van der Waals surface area contributed by atoms with Crippen molar-refractivity contribution in [2.75, 3.05) is 14.2 Å². The average molecular weight is 1970 g/mol. The smallest absolute Gasteiger partial charge is 0.127 e. The molecule has 14 aromatic carbocycles. The van der Waals surface area contributed by atoms with Gasteiger partial charge in [0.25, 0.3) is 0 Å². The Kier molecular flexibility index (Phi) is 35.8. The maximum absolute atomic E-state index is 6.78. The second-order valence-corrected chi connectivity index (χ2v) is 50.9. The predicted octanol–water partition coefficient (Wildman–Crippen LogP) is 33.2. The molecule has 14 heteroatoms. The lowest BCUT2D eigenvalue weighted by atomic mass is 9.80. The summed E-state index contributed by atoms with van der Waals surface area (Å²) in [6, 6.07) is 96.6. The number of rotatable bonds is 28. The highest BCUT2D eigenvalue weighted by Crippen LogP contribution is 2.47. The van der Waals surface area contributed by atoms with Gasteiger partial charge in [0.15, 0.2) is 0 Å². The van der Waals surface area contributed by atoms with Crippen molar-refractivity contribution < 1.29 is 36.6 Å². The Morgan fingerprint density at radius 3 is 0.856 bits per heavy atom. The molecule has 0 saturated heterocycles. The number of benzene rings is 14. The Morgan fingerprint density at radius 2 is 0.518 bits per heavy atom. The van der Waals surface area contributed by atoms with Crippen molar-refractivity contribution >= 4 is 106 Å². The molecule has 8 nitrogen and oxygen atoms in total. The van der Waals surface area contributed by atoms with Gasteiger partial charge in [0.2, 0.25) is 0 Å². The van der Waals surface area contributed by atoms with Crippen molar-refractivity contribution in [1.29, 1.82) is 0 Å². The average Bonchev–Trinajstić information content (AvgIpc) is 0.775. The molecular weight excluding hydrogens is 1820 g/mol. The lowest BCUT2D eigenvalue weighted by Gasteiger charge is -2.28. The summed E-state index contributed by atoms with van der Waals surface area (Å²) in [4.78, 5) is 0. The molecule has 6 unspecified atom stereocenters. The van der Waals surface area contributed by atoms with Crippen LogP contribution in [0.2, 0.25) is 0 Å². The fraction of sp³-hybridized carbons (Fsp3) is 0.360. The van der Waals surface area contributed by atoms with E-state index in [1.54, 1.807) is 14.2 Å². The topological polar surface area (TPSA) is 73.8 Å². The highest BCUT2D eigenvalue weighted by molar-refractivity contribution is 7.44. The maximum atomic E-state index is 6.78. The summed E-state index contributed by atoms with van der Waals surface area (Å²) in [5.74, 6) is 7.73. The second-order valence-electron chi connectivity index (χ2n) is 45.3. The van der Waals surface area contributed by atoms with Gasteiger partial charge in [0, 0.05) is 65.9 Å². The third-order valence-corrected chi connectivity index (χ3v) is 32.6. The summed E-state index contributed by atoms with van der Waals surface area (Å²) < 4.78 is 50.5. The lowest BCUT2D eigenvalue weighted by molar-refractivity contribution is 0.413. The van der Waals surface area contributed by atoms with Crippen LogP contribution in [0.3, 0.4) is 0 Å². The lowest BCUT2D eigenvalue weighted by Crippen LogP contribution is -2.20. The molecule has 0 N–H and O–H groups in total. The van der Waals surface area contributed by atoms with E-state index in [2.05, 4.69) is 438 Å². The van der Waals surface area contributed by atoms with Gasteiger partial charge >= 0.3 is 0 Å². The van der Waals surface area contributed by atoms with Crippen LogP contribution in [0.1, 0.15) is 306 Å². The van der Waals surface area contributed by atoms with Crippen LogP contribution in [-0.4, -0.2) is 14.2 Å². The van der Waals surface area contributed by atoms with E-state index in [-0.39, 0.29) is 108 Å². The van der Waals surface area contributed by atoms with Gasteiger partial charge in [-0.3, -0.25) is 0 Å². The van der Waals surface area contributed by atoms with Crippen molar-refractivity contribution in [3.63, 3.8) is 0 Å². The summed E-state index contributed by atoms with van der Waals surface area (Å²) in [6.07, 6.45) is 2.73. The maximum Gasteiger partial charge on any atom is 0.127 e. The van der Waals surface area contributed by atoms with Crippen molar-refractivity contribution in [2.24, 2.45) is 0 Å². The molecular formula is C125H154O8P6. The number of fused-ring (bicyclic) bond motifs is 2. The van der Waals surface area contributed by atoms with Gasteiger partial charge in [-0.05, 0) is 249 Å². The Balaban J connectivity index is 0.000000189. The molecule has 0 heterocycles. The van der Waals surface area contributed by atoms with Crippen LogP contribution < -0.4 is 68.4 Å². The Bertz CT molecular complexity index is 6200. The Hall–Kier alpha value is -9.42. The van der Waals surface area contributed by atoms with Gasteiger partial charge in [-0.15, -0.1) is 0 Å². The first-order valence-electron chi connectivity index (χ1n) is 49.3. The summed E-state index contributed by atoms with van der Waals surface area (Å²) in [5.41, 5.74) is 23.2. The predicted molar refractivity (Wildman–Crippen MR) is 613 cm³/mol. The zero-order valence-corrected chi connectivity index (χ0v) is 94.9.